The van der Waals surface area contributed by atoms with Crippen LogP contribution in [0.15, 0.2) is 96.4 Å². The Morgan fingerprint density at radius 3 is 2.59 bits per heavy atom. The average molecular weight is 381 g/mol. The van der Waals surface area contributed by atoms with E-state index in [1.54, 1.807) is 30.7 Å². The van der Waals surface area contributed by atoms with E-state index in [0.29, 0.717) is 12.2 Å². The summed E-state index contributed by atoms with van der Waals surface area (Å²) in [5.41, 5.74) is 4.84. The Labute approximate surface area is 168 Å². The second-order valence-corrected chi connectivity index (χ2v) is 6.48. The van der Waals surface area contributed by atoms with Crippen LogP contribution in [0, 0.1) is 0 Å². The number of pyridine rings is 1. The van der Waals surface area contributed by atoms with Crippen LogP contribution in [0.3, 0.4) is 0 Å². The van der Waals surface area contributed by atoms with Crippen LogP contribution in [0.2, 0.25) is 0 Å². The molecule has 0 aliphatic heterocycles. The van der Waals surface area contributed by atoms with Gasteiger partial charge in [-0.25, -0.2) is 5.43 Å². The topological polar surface area (TPSA) is 63.6 Å². The molecule has 0 unspecified atom stereocenters. The van der Waals surface area contributed by atoms with Crippen molar-refractivity contribution in [1.82, 2.24) is 10.4 Å². The number of benzene rings is 3. The number of carbonyl (C=O) groups excluding carboxylic acids is 1. The largest absolute Gasteiger partial charge is 0.489 e. The summed E-state index contributed by atoms with van der Waals surface area (Å²) in [6.45, 7) is 0.430. The van der Waals surface area contributed by atoms with Gasteiger partial charge in [-0.15, -0.1) is 0 Å². The summed E-state index contributed by atoms with van der Waals surface area (Å²) >= 11 is 0. The van der Waals surface area contributed by atoms with Crippen molar-refractivity contribution in [2.75, 3.05) is 0 Å². The second-order valence-electron chi connectivity index (χ2n) is 6.48. The fraction of sp³-hybridized carbons (Fsp3) is 0.0417. The van der Waals surface area contributed by atoms with E-state index in [0.717, 1.165) is 22.3 Å². The molecule has 1 N–H and O–H groups in total. The molecule has 0 aliphatic rings. The molecule has 142 valence electrons. The molecule has 0 saturated carbocycles. The predicted octanol–water partition coefficient (Wildman–Crippen LogP) is 4.58. The zero-order valence-corrected chi connectivity index (χ0v) is 15.7. The van der Waals surface area contributed by atoms with E-state index in [1.807, 2.05) is 54.6 Å². The molecule has 5 nitrogen and oxygen atoms in total. The Balaban J connectivity index is 1.33. The maximum Gasteiger partial charge on any atom is 0.271 e. The number of ether oxygens (including phenoxy) is 1. The highest BCUT2D eigenvalue weighted by Gasteiger charge is 2.05. The van der Waals surface area contributed by atoms with Crippen LogP contribution in [0.25, 0.3) is 10.8 Å². The minimum Gasteiger partial charge on any atom is -0.489 e. The minimum atomic E-state index is -0.271. The Hall–Kier alpha value is -3.99. The van der Waals surface area contributed by atoms with Gasteiger partial charge < -0.3 is 4.74 Å². The highest BCUT2D eigenvalue weighted by atomic mass is 16.5. The summed E-state index contributed by atoms with van der Waals surface area (Å²) in [4.78, 5) is 16.2. The van der Waals surface area contributed by atoms with E-state index in [1.165, 1.54) is 5.39 Å². The molecule has 1 heterocycles. The third-order valence-corrected chi connectivity index (χ3v) is 4.41. The highest BCUT2D eigenvalue weighted by Crippen LogP contribution is 2.21. The molecule has 0 spiro atoms. The summed E-state index contributed by atoms with van der Waals surface area (Å²) in [6, 6.07) is 25.1. The van der Waals surface area contributed by atoms with Gasteiger partial charge in [0.2, 0.25) is 0 Å². The Kier molecular flexibility index (Phi) is 5.58. The first kappa shape index (κ1) is 18.4. The Morgan fingerprint density at radius 1 is 0.966 bits per heavy atom. The van der Waals surface area contributed by atoms with Gasteiger partial charge in [-0.3, -0.25) is 9.78 Å². The molecular formula is C24H19N3O2. The number of fused-ring (bicyclic) bond motifs is 1. The van der Waals surface area contributed by atoms with E-state index in [9.17, 15) is 4.79 Å². The molecule has 1 aromatic heterocycles. The molecule has 4 rings (SSSR count). The number of aromatic nitrogens is 1. The maximum atomic E-state index is 12.2. The van der Waals surface area contributed by atoms with Crippen LogP contribution in [0.5, 0.6) is 5.75 Å². The van der Waals surface area contributed by atoms with Gasteiger partial charge in [-0.05, 0) is 46.7 Å². The fourth-order valence-corrected chi connectivity index (χ4v) is 2.86. The van der Waals surface area contributed by atoms with E-state index in [-0.39, 0.29) is 5.91 Å². The maximum absolute atomic E-state index is 12.2. The van der Waals surface area contributed by atoms with Crippen molar-refractivity contribution in [3.63, 3.8) is 0 Å². The van der Waals surface area contributed by atoms with Crippen LogP contribution in [0.1, 0.15) is 21.5 Å². The van der Waals surface area contributed by atoms with Gasteiger partial charge in [0.15, 0.2) is 0 Å². The number of hydrogen-bond donors (Lipinski definition) is 1. The number of hydrogen-bond acceptors (Lipinski definition) is 4. The molecule has 29 heavy (non-hydrogen) atoms. The van der Waals surface area contributed by atoms with Gasteiger partial charge in [0.1, 0.15) is 12.4 Å². The van der Waals surface area contributed by atoms with Gasteiger partial charge in [0.25, 0.3) is 5.91 Å². The lowest BCUT2D eigenvalue weighted by atomic mass is 10.1. The molecule has 0 atom stereocenters. The summed E-state index contributed by atoms with van der Waals surface area (Å²) in [5.74, 6) is 0.544. The number of rotatable bonds is 6. The fourth-order valence-electron chi connectivity index (χ4n) is 2.86. The van der Waals surface area contributed by atoms with Gasteiger partial charge in [0, 0.05) is 23.5 Å². The van der Waals surface area contributed by atoms with Crippen molar-refractivity contribution in [3.8, 4) is 5.75 Å². The van der Waals surface area contributed by atoms with Gasteiger partial charge in [-0.2, -0.15) is 5.10 Å². The lowest BCUT2D eigenvalue weighted by molar-refractivity contribution is 0.0955. The van der Waals surface area contributed by atoms with E-state index < -0.39 is 0 Å². The number of nitrogens with one attached hydrogen (secondary N) is 1. The molecular weight excluding hydrogens is 362 g/mol. The molecule has 4 aromatic rings. The predicted molar refractivity (Wildman–Crippen MR) is 114 cm³/mol. The van der Waals surface area contributed by atoms with Crippen LogP contribution in [-0.2, 0) is 6.61 Å². The lowest BCUT2D eigenvalue weighted by Crippen LogP contribution is -2.17. The van der Waals surface area contributed by atoms with Gasteiger partial charge in [0.05, 0.1) is 6.21 Å². The Bertz CT molecular complexity index is 1140. The number of nitrogens with zero attached hydrogens (tertiary/aromatic N) is 2. The summed E-state index contributed by atoms with van der Waals surface area (Å²) in [7, 11) is 0. The van der Waals surface area contributed by atoms with Crippen molar-refractivity contribution in [2.45, 2.75) is 6.61 Å². The third-order valence-electron chi connectivity index (χ3n) is 4.41. The molecule has 0 bridgehead atoms. The van der Waals surface area contributed by atoms with Gasteiger partial charge >= 0.3 is 0 Å². The van der Waals surface area contributed by atoms with Crippen molar-refractivity contribution >= 4 is 22.9 Å². The first-order valence-electron chi connectivity index (χ1n) is 9.22. The molecule has 5 heteroatoms. The van der Waals surface area contributed by atoms with Crippen molar-refractivity contribution in [2.24, 2.45) is 5.10 Å². The SMILES string of the molecule is O=C(N/N=C/c1cccnc1)c1ccc(COc2ccc3ccccc3c2)cc1. The summed E-state index contributed by atoms with van der Waals surface area (Å²) in [5, 5.41) is 6.28. The zero-order chi connectivity index (χ0) is 19.9. The van der Waals surface area contributed by atoms with Crippen LogP contribution >= 0.6 is 0 Å². The molecule has 0 radical (unpaired) electrons. The molecule has 1 amide bonds. The molecule has 3 aromatic carbocycles. The standard InChI is InChI=1S/C24H19N3O2/c28-24(27-26-16-19-4-3-13-25-15-19)21-9-7-18(8-10-21)17-29-23-12-11-20-5-1-2-6-22(20)14-23/h1-16H,17H2,(H,27,28)/b26-16+. The van der Waals surface area contributed by atoms with Crippen LogP contribution < -0.4 is 10.2 Å². The minimum absolute atomic E-state index is 0.271. The quantitative estimate of drug-likeness (QED) is 0.393. The van der Waals surface area contributed by atoms with E-state index in [4.69, 9.17) is 4.74 Å². The van der Waals surface area contributed by atoms with Gasteiger partial charge in [-0.1, -0.05) is 48.5 Å². The zero-order valence-electron chi connectivity index (χ0n) is 15.7. The van der Waals surface area contributed by atoms with E-state index >= 15 is 0 Å². The third kappa shape index (κ3) is 4.84. The molecule has 0 fully saturated rings. The van der Waals surface area contributed by atoms with Crippen molar-refractivity contribution < 1.29 is 9.53 Å². The number of amides is 1. The lowest BCUT2D eigenvalue weighted by Gasteiger charge is -2.08. The van der Waals surface area contributed by atoms with E-state index in [2.05, 4.69) is 27.6 Å². The van der Waals surface area contributed by atoms with Crippen molar-refractivity contribution in [3.05, 3.63) is 108 Å². The summed E-state index contributed by atoms with van der Waals surface area (Å²) in [6.07, 6.45) is 4.90. The monoisotopic (exact) mass is 381 g/mol. The first-order chi connectivity index (χ1) is 14.3. The molecule has 0 aliphatic carbocycles. The smallest absolute Gasteiger partial charge is 0.271 e. The number of hydrazone groups is 1. The normalized spacial score (nSPS) is 10.9. The average Bonchev–Trinajstić information content (AvgIpc) is 2.78. The molecule has 0 saturated heterocycles. The first-order valence-corrected chi connectivity index (χ1v) is 9.22. The second kappa shape index (κ2) is 8.80. The number of carbonyl (C=O) groups is 1. The van der Waals surface area contributed by atoms with Crippen LogP contribution in [-0.4, -0.2) is 17.1 Å². The Morgan fingerprint density at radius 2 is 1.79 bits per heavy atom. The van der Waals surface area contributed by atoms with Crippen LogP contribution in [0.4, 0.5) is 0 Å². The summed E-state index contributed by atoms with van der Waals surface area (Å²) < 4.78 is 5.88. The highest BCUT2D eigenvalue weighted by molar-refractivity contribution is 5.94. The van der Waals surface area contributed by atoms with Crippen molar-refractivity contribution in [1.29, 1.82) is 0 Å².